The average Bonchev–Trinajstić information content (AvgIpc) is 2.61. The average molecular weight is 383 g/mol. The van der Waals surface area contributed by atoms with Crippen LogP contribution in [0.2, 0.25) is 5.02 Å². The summed E-state index contributed by atoms with van der Waals surface area (Å²) in [7, 11) is 0. The van der Waals surface area contributed by atoms with Gasteiger partial charge in [0.25, 0.3) is 0 Å². The van der Waals surface area contributed by atoms with Crippen LogP contribution < -0.4 is 0 Å². The molecule has 0 radical (unpaired) electrons. The molecule has 142 valence electrons. The van der Waals surface area contributed by atoms with Crippen LogP contribution in [0, 0.1) is 11.3 Å². The van der Waals surface area contributed by atoms with Gasteiger partial charge in [0.15, 0.2) is 5.78 Å². The molecular formula is C24H27ClO2. The first-order valence-electron chi connectivity index (χ1n) is 9.64. The molecule has 2 aromatic carbocycles. The van der Waals surface area contributed by atoms with Crippen LogP contribution in [-0.4, -0.2) is 10.9 Å². The minimum absolute atomic E-state index is 0.00547. The normalized spacial score (nSPS) is 19.4. The van der Waals surface area contributed by atoms with E-state index >= 15 is 0 Å². The monoisotopic (exact) mass is 382 g/mol. The fourth-order valence-electron chi connectivity index (χ4n) is 4.29. The highest BCUT2D eigenvalue weighted by Crippen LogP contribution is 2.46. The first kappa shape index (κ1) is 19.7. The summed E-state index contributed by atoms with van der Waals surface area (Å²) < 4.78 is 0. The third-order valence-electron chi connectivity index (χ3n) is 5.77. The number of halogens is 1. The zero-order valence-electron chi connectivity index (χ0n) is 16.5. The van der Waals surface area contributed by atoms with E-state index in [1.54, 1.807) is 0 Å². The molecule has 1 unspecified atom stereocenters. The molecule has 1 aliphatic rings. The lowest BCUT2D eigenvalue weighted by atomic mass is 9.66. The molecule has 1 atom stereocenters. The number of Topliss-reactive ketones (excluding diaryl/α,β-unsaturated/α-hetero) is 1. The van der Waals surface area contributed by atoms with E-state index in [1.807, 2.05) is 30.3 Å². The summed E-state index contributed by atoms with van der Waals surface area (Å²) in [5.41, 5.74) is 4.29. The minimum atomic E-state index is -0.223. The van der Waals surface area contributed by atoms with Crippen LogP contribution in [-0.2, 0) is 11.2 Å². The van der Waals surface area contributed by atoms with Crippen LogP contribution in [0.15, 0.2) is 48.2 Å². The van der Waals surface area contributed by atoms with Gasteiger partial charge < -0.3 is 5.11 Å². The molecule has 1 aliphatic carbocycles. The third-order valence-corrected chi connectivity index (χ3v) is 6.02. The maximum absolute atomic E-state index is 13.0. The Hall–Kier alpha value is -2.06. The van der Waals surface area contributed by atoms with Gasteiger partial charge in [0.05, 0.1) is 5.57 Å². The molecule has 0 amide bonds. The summed E-state index contributed by atoms with van der Waals surface area (Å²) in [5.74, 6) is 0.279. The van der Waals surface area contributed by atoms with E-state index in [1.165, 1.54) is 0 Å². The Morgan fingerprint density at radius 2 is 1.70 bits per heavy atom. The molecule has 0 saturated carbocycles. The second-order valence-electron chi connectivity index (χ2n) is 8.04. The summed E-state index contributed by atoms with van der Waals surface area (Å²) in [6, 6.07) is 13.8. The maximum Gasteiger partial charge on any atom is 0.167 e. The van der Waals surface area contributed by atoms with Gasteiger partial charge in [0.1, 0.15) is 5.76 Å². The van der Waals surface area contributed by atoms with Crippen molar-refractivity contribution in [2.24, 2.45) is 11.3 Å². The highest BCUT2D eigenvalue weighted by molar-refractivity contribution is 6.30. The van der Waals surface area contributed by atoms with Gasteiger partial charge in [-0.3, -0.25) is 4.79 Å². The molecule has 0 saturated heterocycles. The van der Waals surface area contributed by atoms with Crippen LogP contribution in [0.3, 0.4) is 0 Å². The number of hydrogen-bond acceptors (Lipinski definition) is 2. The molecule has 1 N–H and O–H groups in total. The second kappa shape index (κ2) is 7.52. The number of rotatable bonds is 4. The van der Waals surface area contributed by atoms with Gasteiger partial charge in [0.2, 0.25) is 0 Å². The fraction of sp³-hybridized carbons (Fsp3) is 0.375. The number of carbonyl (C=O) groups is 1. The molecule has 0 bridgehead atoms. The van der Waals surface area contributed by atoms with Crippen LogP contribution in [0.1, 0.15) is 51.7 Å². The van der Waals surface area contributed by atoms with Gasteiger partial charge in [-0.15, -0.1) is 0 Å². The van der Waals surface area contributed by atoms with Crippen LogP contribution in [0.5, 0.6) is 0 Å². The Labute approximate surface area is 166 Å². The third kappa shape index (κ3) is 3.68. The lowest BCUT2D eigenvalue weighted by Crippen LogP contribution is -2.34. The maximum atomic E-state index is 13.0. The molecule has 27 heavy (non-hydrogen) atoms. The number of carbonyl (C=O) groups excluding carboxylic acids is 1. The molecule has 0 heterocycles. The van der Waals surface area contributed by atoms with Crippen molar-refractivity contribution >= 4 is 23.0 Å². The van der Waals surface area contributed by atoms with Crippen molar-refractivity contribution in [3.05, 3.63) is 64.4 Å². The molecule has 3 heteroatoms. The first-order valence-corrected chi connectivity index (χ1v) is 10.0. The van der Waals surface area contributed by atoms with Crippen molar-refractivity contribution in [3.63, 3.8) is 0 Å². The number of aliphatic hydroxyl groups excluding tert-OH is 1. The van der Waals surface area contributed by atoms with Gasteiger partial charge in [-0.2, -0.15) is 0 Å². The molecule has 3 rings (SSSR count). The second-order valence-corrected chi connectivity index (χ2v) is 8.48. The van der Waals surface area contributed by atoms with Gasteiger partial charge >= 0.3 is 0 Å². The topological polar surface area (TPSA) is 37.3 Å². The first-order chi connectivity index (χ1) is 12.8. The van der Waals surface area contributed by atoms with E-state index in [0.717, 1.165) is 35.1 Å². The van der Waals surface area contributed by atoms with E-state index in [0.29, 0.717) is 17.0 Å². The zero-order valence-corrected chi connectivity index (χ0v) is 17.2. The summed E-state index contributed by atoms with van der Waals surface area (Å²) in [5, 5.41) is 11.7. The lowest BCUT2D eigenvalue weighted by Gasteiger charge is -2.38. The van der Waals surface area contributed by atoms with Crippen LogP contribution >= 0.6 is 11.6 Å². The number of ketones is 1. The number of allylic oxidation sites excluding steroid dienone is 2. The number of aryl methyl sites for hydroxylation is 1. The molecule has 2 aromatic rings. The summed E-state index contributed by atoms with van der Waals surface area (Å²) in [4.78, 5) is 13.0. The van der Waals surface area contributed by atoms with E-state index in [4.69, 9.17) is 11.6 Å². The summed E-state index contributed by atoms with van der Waals surface area (Å²) in [6.45, 7) is 8.28. The van der Waals surface area contributed by atoms with E-state index < -0.39 is 0 Å². The quantitative estimate of drug-likeness (QED) is 0.626. The predicted octanol–water partition coefficient (Wildman–Crippen LogP) is 6.86. The molecule has 0 aromatic heterocycles. The van der Waals surface area contributed by atoms with E-state index in [-0.39, 0.29) is 22.9 Å². The molecule has 0 spiro atoms. The predicted molar refractivity (Wildman–Crippen MR) is 113 cm³/mol. The van der Waals surface area contributed by atoms with Crippen molar-refractivity contribution in [2.45, 2.75) is 47.0 Å². The Morgan fingerprint density at radius 1 is 1.07 bits per heavy atom. The van der Waals surface area contributed by atoms with Gasteiger partial charge in [-0.25, -0.2) is 0 Å². The molecule has 0 fully saturated rings. The van der Waals surface area contributed by atoms with E-state index in [2.05, 4.69) is 39.8 Å². The van der Waals surface area contributed by atoms with Crippen molar-refractivity contribution in [1.82, 2.24) is 0 Å². The van der Waals surface area contributed by atoms with Crippen molar-refractivity contribution in [3.8, 4) is 11.1 Å². The molecule has 2 nitrogen and oxygen atoms in total. The Morgan fingerprint density at radius 3 is 2.30 bits per heavy atom. The minimum Gasteiger partial charge on any atom is -0.511 e. The van der Waals surface area contributed by atoms with Crippen molar-refractivity contribution in [2.75, 3.05) is 0 Å². The van der Waals surface area contributed by atoms with Gasteiger partial charge in [0, 0.05) is 17.4 Å². The zero-order chi connectivity index (χ0) is 19.8. The van der Waals surface area contributed by atoms with Gasteiger partial charge in [-0.05, 0) is 58.7 Å². The highest BCUT2D eigenvalue weighted by Gasteiger charge is 2.41. The number of benzene rings is 2. The number of aliphatic hydroxyl groups is 1. The Kier molecular flexibility index (Phi) is 5.48. The Balaban J connectivity index is 2.18. The fourth-order valence-corrected chi connectivity index (χ4v) is 4.41. The summed E-state index contributed by atoms with van der Waals surface area (Å²) in [6.07, 6.45) is 2.08. The SMILES string of the molecule is CCc1ccc(-c2ccc(Cl)cc2)cc1C1=C(O)C(CC)C(C)(C)CC1=O. The lowest BCUT2D eigenvalue weighted by molar-refractivity contribution is -0.117. The standard InChI is InChI=1S/C24H27ClO2/c1-5-15-7-8-17(16-9-11-18(25)12-10-16)13-19(15)22-21(26)14-24(3,4)20(6-2)23(22)27/h7-13,20,27H,5-6,14H2,1-4H3. The molecular weight excluding hydrogens is 356 g/mol. The van der Waals surface area contributed by atoms with Crippen LogP contribution in [0.4, 0.5) is 0 Å². The number of hydrogen-bond donors (Lipinski definition) is 1. The summed E-state index contributed by atoms with van der Waals surface area (Å²) >= 11 is 6.01. The largest absolute Gasteiger partial charge is 0.511 e. The smallest absolute Gasteiger partial charge is 0.167 e. The van der Waals surface area contributed by atoms with Crippen molar-refractivity contribution < 1.29 is 9.90 Å². The Bertz CT molecular complexity index is 891. The van der Waals surface area contributed by atoms with E-state index in [9.17, 15) is 9.90 Å². The van der Waals surface area contributed by atoms with Crippen LogP contribution in [0.25, 0.3) is 16.7 Å². The van der Waals surface area contributed by atoms with Crippen molar-refractivity contribution in [1.29, 1.82) is 0 Å². The van der Waals surface area contributed by atoms with Gasteiger partial charge in [-0.1, -0.05) is 63.6 Å². The molecule has 0 aliphatic heterocycles. The highest BCUT2D eigenvalue weighted by atomic mass is 35.5.